The van der Waals surface area contributed by atoms with Crippen molar-refractivity contribution in [2.24, 2.45) is 5.84 Å². The maximum Gasteiger partial charge on any atom is 0.0644 e. The van der Waals surface area contributed by atoms with E-state index >= 15 is 0 Å². The molecule has 0 aliphatic carbocycles. The Kier molecular flexibility index (Phi) is 4.01. The summed E-state index contributed by atoms with van der Waals surface area (Å²) in [6.07, 6.45) is 6.08. The molecule has 96 valence electrons. The van der Waals surface area contributed by atoms with Crippen molar-refractivity contribution < 1.29 is 0 Å². The molecule has 2 rings (SSSR count). The average molecular weight is 246 g/mol. The SMILES string of the molecule is CC(C)n1ccc(CC(NN)c2ccnnc2)n1. The molecule has 0 saturated heterocycles. The maximum atomic E-state index is 5.59. The molecule has 2 aromatic heterocycles. The normalized spacial score (nSPS) is 12.9. The second kappa shape index (κ2) is 5.70. The second-order valence-corrected chi connectivity index (χ2v) is 4.48. The first-order valence-electron chi connectivity index (χ1n) is 5.97. The van der Waals surface area contributed by atoms with Crippen LogP contribution in [0.5, 0.6) is 0 Å². The minimum absolute atomic E-state index is 0.00369. The Bertz CT molecular complexity index is 478. The van der Waals surface area contributed by atoms with Gasteiger partial charge in [-0.05, 0) is 31.5 Å². The molecule has 0 aliphatic rings. The van der Waals surface area contributed by atoms with Crippen molar-refractivity contribution in [1.82, 2.24) is 25.4 Å². The van der Waals surface area contributed by atoms with Gasteiger partial charge in [0.05, 0.1) is 17.9 Å². The first kappa shape index (κ1) is 12.7. The van der Waals surface area contributed by atoms with Crippen LogP contribution in [0.2, 0.25) is 0 Å². The first-order chi connectivity index (χ1) is 8.70. The fraction of sp³-hybridized carbons (Fsp3) is 0.417. The molecule has 6 nitrogen and oxygen atoms in total. The summed E-state index contributed by atoms with van der Waals surface area (Å²) >= 11 is 0. The highest BCUT2D eigenvalue weighted by molar-refractivity contribution is 5.15. The van der Waals surface area contributed by atoms with Gasteiger partial charge in [-0.25, -0.2) is 0 Å². The zero-order chi connectivity index (χ0) is 13.0. The number of hydrogen-bond acceptors (Lipinski definition) is 5. The molecule has 2 heterocycles. The van der Waals surface area contributed by atoms with Gasteiger partial charge in [0.25, 0.3) is 0 Å². The summed E-state index contributed by atoms with van der Waals surface area (Å²) in [5.41, 5.74) is 4.80. The van der Waals surface area contributed by atoms with E-state index in [0.29, 0.717) is 6.04 Å². The Morgan fingerprint density at radius 3 is 2.72 bits per heavy atom. The van der Waals surface area contributed by atoms with Gasteiger partial charge in [0.1, 0.15) is 0 Å². The third kappa shape index (κ3) is 2.91. The molecule has 0 radical (unpaired) electrons. The van der Waals surface area contributed by atoms with Crippen LogP contribution in [-0.2, 0) is 6.42 Å². The van der Waals surface area contributed by atoms with Gasteiger partial charge in [-0.2, -0.15) is 15.3 Å². The summed E-state index contributed by atoms with van der Waals surface area (Å²) in [6.45, 7) is 4.20. The second-order valence-electron chi connectivity index (χ2n) is 4.48. The van der Waals surface area contributed by atoms with Gasteiger partial charge in [-0.1, -0.05) is 0 Å². The molecule has 0 aliphatic heterocycles. The molecular weight excluding hydrogens is 228 g/mol. The van der Waals surface area contributed by atoms with E-state index in [1.165, 1.54) is 0 Å². The summed E-state index contributed by atoms with van der Waals surface area (Å²) in [4.78, 5) is 0. The first-order valence-corrected chi connectivity index (χ1v) is 5.97. The Balaban J connectivity index is 2.10. The summed E-state index contributed by atoms with van der Waals surface area (Å²) in [5, 5.41) is 12.1. The van der Waals surface area contributed by atoms with Gasteiger partial charge < -0.3 is 0 Å². The maximum absolute atomic E-state index is 5.59. The molecule has 6 heteroatoms. The van der Waals surface area contributed by atoms with Crippen LogP contribution in [0, 0.1) is 0 Å². The number of aromatic nitrogens is 4. The van der Waals surface area contributed by atoms with Crippen LogP contribution in [0.1, 0.15) is 37.2 Å². The molecule has 0 amide bonds. The van der Waals surface area contributed by atoms with Crippen molar-refractivity contribution in [3.05, 3.63) is 42.0 Å². The summed E-state index contributed by atoms with van der Waals surface area (Å²) in [7, 11) is 0. The van der Waals surface area contributed by atoms with Crippen LogP contribution in [0.4, 0.5) is 0 Å². The monoisotopic (exact) mass is 246 g/mol. The van der Waals surface area contributed by atoms with E-state index in [-0.39, 0.29) is 6.04 Å². The van der Waals surface area contributed by atoms with E-state index in [2.05, 4.69) is 34.6 Å². The molecule has 0 bridgehead atoms. The Labute approximate surface area is 106 Å². The predicted octanol–water partition coefficient (Wildman–Crippen LogP) is 1.00. The van der Waals surface area contributed by atoms with E-state index < -0.39 is 0 Å². The van der Waals surface area contributed by atoms with Crippen LogP contribution in [0.3, 0.4) is 0 Å². The van der Waals surface area contributed by atoms with Gasteiger partial charge in [-0.3, -0.25) is 16.0 Å². The van der Waals surface area contributed by atoms with Crippen LogP contribution >= 0.6 is 0 Å². The number of hydrazine groups is 1. The molecule has 0 spiro atoms. The van der Waals surface area contributed by atoms with Gasteiger partial charge in [0.15, 0.2) is 0 Å². The molecule has 2 aromatic rings. The summed E-state index contributed by atoms with van der Waals surface area (Å²) in [6, 6.07) is 4.28. The fourth-order valence-corrected chi connectivity index (χ4v) is 1.76. The Morgan fingerprint density at radius 1 is 1.33 bits per heavy atom. The zero-order valence-corrected chi connectivity index (χ0v) is 10.6. The molecular formula is C12H18N6. The number of rotatable bonds is 5. The number of nitrogens with zero attached hydrogens (tertiary/aromatic N) is 4. The molecule has 1 unspecified atom stereocenters. The van der Waals surface area contributed by atoms with E-state index in [9.17, 15) is 0 Å². The quantitative estimate of drug-likeness (QED) is 0.607. The van der Waals surface area contributed by atoms with E-state index in [1.807, 2.05) is 23.0 Å². The largest absolute Gasteiger partial charge is 0.271 e. The van der Waals surface area contributed by atoms with Crippen molar-refractivity contribution in [2.45, 2.75) is 32.4 Å². The Hall–Kier alpha value is -1.79. The lowest BCUT2D eigenvalue weighted by atomic mass is 10.1. The van der Waals surface area contributed by atoms with Gasteiger partial charge in [0.2, 0.25) is 0 Å². The van der Waals surface area contributed by atoms with Crippen LogP contribution < -0.4 is 11.3 Å². The highest BCUT2D eigenvalue weighted by Crippen LogP contribution is 2.16. The predicted molar refractivity (Wildman–Crippen MR) is 68.4 cm³/mol. The van der Waals surface area contributed by atoms with Crippen LogP contribution in [0.15, 0.2) is 30.7 Å². The summed E-state index contributed by atoms with van der Waals surface area (Å²) < 4.78 is 1.94. The summed E-state index contributed by atoms with van der Waals surface area (Å²) in [5.74, 6) is 5.59. The molecule has 0 aromatic carbocycles. The van der Waals surface area contributed by atoms with Crippen LogP contribution in [-0.4, -0.2) is 20.0 Å². The highest BCUT2D eigenvalue weighted by atomic mass is 15.3. The molecule has 3 N–H and O–H groups in total. The minimum atomic E-state index is -0.00369. The van der Waals surface area contributed by atoms with Gasteiger partial charge in [-0.15, -0.1) is 0 Å². The third-order valence-corrected chi connectivity index (χ3v) is 2.82. The number of nitrogens with two attached hydrogens (primary N) is 1. The van der Waals surface area contributed by atoms with E-state index in [1.54, 1.807) is 12.4 Å². The zero-order valence-electron chi connectivity index (χ0n) is 10.6. The lowest BCUT2D eigenvalue weighted by Crippen LogP contribution is -2.29. The topological polar surface area (TPSA) is 81.7 Å². The van der Waals surface area contributed by atoms with Crippen molar-refractivity contribution in [2.75, 3.05) is 0 Å². The molecule has 0 saturated carbocycles. The van der Waals surface area contributed by atoms with Crippen molar-refractivity contribution in [3.63, 3.8) is 0 Å². The lowest BCUT2D eigenvalue weighted by Gasteiger charge is -2.14. The van der Waals surface area contributed by atoms with Crippen LogP contribution in [0.25, 0.3) is 0 Å². The van der Waals surface area contributed by atoms with E-state index in [4.69, 9.17) is 5.84 Å². The fourth-order valence-electron chi connectivity index (χ4n) is 1.76. The number of hydrogen-bond donors (Lipinski definition) is 2. The molecule has 1 atom stereocenters. The van der Waals surface area contributed by atoms with Gasteiger partial charge >= 0.3 is 0 Å². The standard InChI is InChI=1S/C12H18N6/c1-9(2)18-6-4-11(17-18)7-12(16-13)10-3-5-14-15-8-10/h3-6,8-9,12,16H,7,13H2,1-2H3. The molecule has 0 fully saturated rings. The minimum Gasteiger partial charge on any atom is -0.271 e. The average Bonchev–Trinajstić information content (AvgIpc) is 2.86. The van der Waals surface area contributed by atoms with Crippen molar-refractivity contribution in [3.8, 4) is 0 Å². The smallest absolute Gasteiger partial charge is 0.0644 e. The third-order valence-electron chi connectivity index (χ3n) is 2.82. The molecule has 18 heavy (non-hydrogen) atoms. The Morgan fingerprint density at radius 2 is 2.17 bits per heavy atom. The van der Waals surface area contributed by atoms with Gasteiger partial charge in [0, 0.05) is 24.9 Å². The van der Waals surface area contributed by atoms with Crippen molar-refractivity contribution in [1.29, 1.82) is 0 Å². The van der Waals surface area contributed by atoms with E-state index in [0.717, 1.165) is 17.7 Å². The van der Waals surface area contributed by atoms with Crippen molar-refractivity contribution >= 4 is 0 Å². The lowest BCUT2D eigenvalue weighted by molar-refractivity contribution is 0.506. The number of nitrogens with one attached hydrogen (secondary N) is 1. The highest BCUT2D eigenvalue weighted by Gasteiger charge is 2.13.